The van der Waals surface area contributed by atoms with E-state index in [1.54, 1.807) is 0 Å². The maximum atomic E-state index is 5.54. The van der Waals surface area contributed by atoms with E-state index < -0.39 is 0 Å². The number of amidine groups is 1. The van der Waals surface area contributed by atoms with Crippen LogP contribution in [0.4, 0.5) is 17.1 Å². The van der Waals surface area contributed by atoms with E-state index >= 15 is 0 Å². The van der Waals surface area contributed by atoms with Crippen molar-refractivity contribution in [3.05, 3.63) is 76.9 Å². The number of hydrogen-bond acceptors (Lipinski definition) is 6. The molecule has 3 aliphatic rings. The van der Waals surface area contributed by atoms with Gasteiger partial charge in [0.2, 0.25) is 6.79 Å². The number of benzene rings is 3. The molecule has 6 nitrogen and oxygen atoms in total. The van der Waals surface area contributed by atoms with Crippen LogP contribution in [0.15, 0.2) is 59.6 Å². The maximum absolute atomic E-state index is 5.54. The van der Waals surface area contributed by atoms with E-state index in [-0.39, 0.29) is 0 Å². The van der Waals surface area contributed by atoms with Crippen LogP contribution in [0.25, 0.3) is 0 Å². The molecule has 1 saturated heterocycles. The Bertz CT molecular complexity index is 1240. The number of aliphatic imine (C=N–C) groups is 1. The molecule has 0 aromatic heterocycles. The number of ether oxygens (including phenoxy) is 2. The summed E-state index contributed by atoms with van der Waals surface area (Å²) in [6.45, 7) is 9.39. The largest absolute Gasteiger partial charge is 0.454 e. The zero-order valence-electron chi connectivity index (χ0n) is 19.1. The lowest BCUT2D eigenvalue weighted by Gasteiger charge is -2.36. The molecule has 3 heterocycles. The van der Waals surface area contributed by atoms with Crippen LogP contribution in [0.2, 0.25) is 0 Å². The van der Waals surface area contributed by atoms with E-state index in [0.717, 1.165) is 72.7 Å². The normalized spacial score (nSPS) is 17.0. The Morgan fingerprint density at radius 3 is 2.52 bits per heavy atom. The average molecular weight is 441 g/mol. The molecule has 3 aromatic rings. The van der Waals surface area contributed by atoms with Gasteiger partial charge in [-0.25, -0.2) is 4.99 Å². The van der Waals surface area contributed by atoms with Gasteiger partial charge >= 0.3 is 0 Å². The van der Waals surface area contributed by atoms with Crippen molar-refractivity contribution in [2.75, 3.05) is 38.3 Å². The molecule has 0 amide bonds. The molecule has 3 aliphatic heterocycles. The van der Waals surface area contributed by atoms with Crippen molar-refractivity contribution in [3.63, 3.8) is 0 Å². The molecule has 0 radical (unpaired) electrons. The fourth-order valence-electron chi connectivity index (χ4n) is 4.76. The molecule has 0 atom stereocenters. The molecule has 0 unspecified atom stereocenters. The molecule has 3 aromatic carbocycles. The first kappa shape index (κ1) is 20.1. The molecule has 1 fully saturated rings. The van der Waals surface area contributed by atoms with Crippen molar-refractivity contribution in [2.24, 2.45) is 4.99 Å². The summed E-state index contributed by atoms with van der Waals surface area (Å²) in [5, 5.41) is 3.63. The molecular formula is C27H28N4O2. The van der Waals surface area contributed by atoms with Crippen LogP contribution in [-0.4, -0.2) is 48.6 Å². The van der Waals surface area contributed by atoms with Crippen molar-refractivity contribution in [1.82, 2.24) is 9.80 Å². The summed E-state index contributed by atoms with van der Waals surface area (Å²) >= 11 is 0. The second kappa shape index (κ2) is 8.12. The van der Waals surface area contributed by atoms with Gasteiger partial charge in [-0.05, 0) is 66.9 Å². The Labute approximate surface area is 194 Å². The van der Waals surface area contributed by atoms with Crippen LogP contribution in [0.5, 0.6) is 11.5 Å². The first-order valence-corrected chi connectivity index (χ1v) is 11.6. The highest BCUT2D eigenvalue weighted by atomic mass is 16.7. The van der Waals surface area contributed by atoms with Crippen molar-refractivity contribution in [2.45, 2.75) is 20.4 Å². The van der Waals surface area contributed by atoms with Crippen LogP contribution >= 0.6 is 0 Å². The number of fused-ring (bicyclic) bond motifs is 3. The molecule has 168 valence electrons. The Morgan fingerprint density at radius 1 is 0.848 bits per heavy atom. The Morgan fingerprint density at radius 2 is 1.64 bits per heavy atom. The molecule has 0 spiro atoms. The number of anilines is 2. The van der Waals surface area contributed by atoms with Gasteiger partial charge in [-0.1, -0.05) is 18.2 Å². The monoisotopic (exact) mass is 440 g/mol. The molecule has 0 bridgehead atoms. The minimum Gasteiger partial charge on any atom is -0.454 e. The zero-order valence-corrected chi connectivity index (χ0v) is 19.1. The van der Waals surface area contributed by atoms with Gasteiger partial charge in [0.25, 0.3) is 0 Å². The lowest BCUT2D eigenvalue weighted by molar-refractivity contribution is 0.172. The van der Waals surface area contributed by atoms with E-state index in [1.165, 1.54) is 16.7 Å². The third kappa shape index (κ3) is 3.80. The summed E-state index contributed by atoms with van der Waals surface area (Å²) in [6, 6.07) is 19.1. The molecular weight excluding hydrogens is 412 g/mol. The highest BCUT2D eigenvalue weighted by Gasteiger charge is 2.25. The summed E-state index contributed by atoms with van der Waals surface area (Å²) < 4.78 is 11.0. The quantitative estimate of drug-likeness (QED) is 0.609. The fourth-order valence-corrected chi connectivity index (χ4v) is 4.76. The first-order valence-electron chi connectivity index (χ1n) is 11.6. The van der Waals surface area contributed by atoms with Crippen molar-refractivity contribution < 1.29 is 9.47 Å². The molecule has 6 rings (SSSR count). The SMILES string of the molecule is Cc1cc2c(cc1C)Nc1ccccc1C(N1CCN(Cc3ccc4c(c3)OCO4)CC1)=N2. The van der Waals surface area contributed by atoms with Crippen LogP contribution in [-0.2, 0) is 6.54 Å². The Hall–Kier alpha value is -3.51. The molecule has 0 aliphatic carbocycles. The second-order valence-electron chi connectivity index (χ2n) is 9.01. The number of nitrogens with zero attached hydrogens (tertiary/aromatic N) is 3. The molecule has 0 saturated carbocycles. The van der Waals surface area contributed by atoms with E-state index in [4.69, 9.17) is 14.5 Å². The third-order valence-corrected chi connectivity index (χ3v) is 6.79. The van der Waals surface area contributed by atoms with Crippen molar-refractivity contribution >= 4 is 22.9 Å². The summed E-state index contributed by atoms with van der Waals surface area (Å²) in [5.41, 5.74) is 8.14. The van der Waals surface area contributed by atoms with E-state index in [1.807, 2.05) is 6.07 Å². The average Bonchev–Trinajstić information content (AvgIpc) is 3.23. The number of nitrogens with one attached hydrogen (secondary N) is 1. The standard InChI is InChI=1S/C27H28N4O2/c1-18-13-23-24(14-19(18)2)29-27(21-5-3-4-6-22(21)28-23)31-11-9-30(10-12-31)16-20-7-8-25-26(15-20)33-17-32-25/h3-8,13-15,28H,9-12,16-17H2,1-2H3. The summed E-state index contributed by atoms with van der Waals surface area (Å²) in [4.78, 5) is 10.1. The smallest absolute Gasteiger partial charge is 0.231 e. The van der Waals surface area contributed by atoms with Gasteiger partial charge in [0.1, 0.15) is 5.84 Å². The third-order valence-electron chi connectivity index (χ3n) is 6.79. The molecule has 1 N–H and O–H groups in total. The van der Waals surface area contributed by atoms with Gasteiger partial charge in [0.15, 0.2) is 11.5 Å². The van der Waals surface area contributed by atoms with Gasteiger partial charge in [-0.15, -0.1) is 0 Å². The number of para-hydroxylation sites is 1. The van der Waals surface area contributed by atoms with Gasteiger partial charge in [0, 0.05) is 44.0 Å². The van der Waals surface area contributed by atoms with E-state index in [2.05, 4.69) is 77.5 Å². The minimum absolute atomic E-state index is 0.318. The lowest BCUT2D eigenvalue weighted by atomic mass is 10.1. The lowest BCUT2D eigenvalue weighted by Crippen LogP contribution is -2.48. The van der Waals surface area contributed by atoms with Gasteiger partial charge < -0.3 is 19.7 Å². The predicted octanol–water partition coefficient (Wildman–Crippen LogP) is 4.99. The van der Waals surface area contributed by atoms with Crippen LogP contribution in [0, 0.1) is 13.8 Å². The second-order valence-corrected chi connectivity index (χ2v) is 9.01. The van der Waals surface area contributed by atoms with E-state index in [9.17, 15) is 0 Å². The Balaban J connectivity index is 1.23. The zero-order chi connectivity index (χ0) is 22.4. The molecule has 33 heavy (non-hydrogen) atoms. The summed E-state index contributed by atoms with van der Waals surface area (Å²) in [5.74, 6) is 2.75. The number of rotatable bonds is 2. The van der Waals surface area contributed by atoms with Crippen LogP contribution in [0.3, 0.4) is 0 Å². The maximum Gasteiger partial charge on any atom is 0.231 e. The predicted molar refractivity (Wildman–Crippen MR) is 131 cm³/mol. The number of piperazine rings is 1. The summed E-state index contributed by atoms with van der Waals surface area (Å²) in [6.07, 6.45) is 0. The number of hydrogen-bond donors (Lipinski definition) is 1. The van der Waals surface area contributed by atoms with Gasteiger partial charge in [-0.3, -0.25) is 4.90 Å². The van der Waals surface area contributed by atoms with Gasteiger partial charge in [0.05, 0.1) is 11.4 Å². The van der Waals surface area contributed by atoms with Gasteiger partial charge in [-0.2, -0.15) is 0 Å². The number of aryl methyl sites for hydroxylation is 2. The Kier molecular flexibility index (Phi) is 4.95. The summed E-state index contributed by atoms with van der Waals surface area (Å²) in [7, 11) is 0. The first-order chi connectivity index (χ1) is 16.1. The van der Waals surface area contributed by atoms with Crippen LogP contribution in [0.1, 0.15) is 22.3 Å². The highest BCUT2D eigenvalue weighted by molar-refractivity contribution is 6.07. The molecule has 6 heteroatoms. The fraction of sp³-hybridized carbons (Fsp3) is 0.296. The van der Waals surface area contributed by atoms with Crippen LogP contribution < -0.4 is 14.8 Å². The van der Waals surface area contributed by atoms with E-state index in [0.29, 0.717) is 6.79 Å². The van der Waals surface area contributed by atoms with Crippen molar-refractivity contribution in [3.8, 4) is 11.5 Å². The minimum atomic E-state index is 0.318. The topological polar surface area (TPSA) is 49.3 Å². The van der Waals surface area contributed by atoms with Crippen molar-refractivity contribution in [1.29, 1.82) is 0 Å². The highest BCUT2D eigenvalue weighted by Crippen LogP contribution is 2.37.